The predicted molar refractivity (Wildman–Crippen MR) is 57.4 cm³/mol. The van der Waals surface area contributed by atoms with Crippen molar-refractivity contribution in [3.8, 4) is 0 Å². The molecule has 15 heavy (non-hydrogen) atoms. The van der Waals surface area contributed by atoms with Crippen LogP contribution in [0.1, 0.15) is 0 Å². The second kappa shape index (κ2) is 4.94. The van der Waals surface area contributed by atoms with E-state index in [2.05, 4.69) is 0 Å². The van der Waals surface area contributed by atoms with Gasteiger partial charge in [0.05, 0.1) is 15.2 Å². The highest BCUT2D eigenvalue weighted by molar-refractivity contribution is 8.73. The lowest BCUT2D eigenvalue weighted by atomic mass is 10.4. The first-order valence-corrected chi connectivity index (χ1v) is 6.69. The summed E-state index contributed by atoms with van der Waals surface area (Å²) in [5.74, 6) is 0. The summed E-state index contributed by atoms with van der Waals surface area (Å²) in [5.41, 5.74) is 0. The van der Waals surface area contributed by atoms with Crippen LogP contribution in [0.5, 0.6) is 0 Å². The number of rotatable bonds is 4. The van der Waals surface area contributed by atoms with Crippen molar-refractivity contribution in [1.29, 1.82) is 0 Å². The zero-order chi connectivity index (χ0) is 11.3. The fourth-order valence-electron chi connectivity index (χ4n) is 0.790. The lowest BCUT2D eigenvalue weighted by molar-refractivity contribution is -0.402. The van der Waals surface area contributed by atoms with Crippen LogP contribution in [0.15, 0.2) is 46.8 Å². The van der Waals surface area contributed by atoms with Crippen molar-refractivity contribution in [2.75, 3.05) is 0 Å². The van der Waals surface area contributed by atoms with E-state index in [0.29, 0.717) is 17.0 Å². The number of hydrogen-bond donors (Lipinski definition) is 0. The third kappa shape index (κ3) is 3.72. The fraction of sp³-hybridized carbons (Fsp3) is 0. The monoisotopic (exact) mass is 245 g/mol. The molecule has 0 spiro atoms. The van der Waals surface area contributed by atoms with Gasteiger partial charge in [0, 0.05) is 10.8 Å². The summed E-state index contributed by atoms with van der Waals surface area (Å²) < 4.78 is 23.0. The summed E-state index contributed by atoms with van der Waals surface area (Å²) in [6, 6.07) is 7.73. The maximum Gasteiger partial charge on any atom is 0.241 e. The van der Waals surface area contributed by atoms with Gasteiger partial charge in [-0.2, -0.15) is 0 Å². The Bertz CT molecular complexity index is 467. The molecule has 0 unspecified atom stereocenters. The quantitative estimate of drug-likeness (QED) is 0.459. The Morgan fingerprint density at radius 1 is 1.27 bits per heavy atom. The maximum atomic E-state index is 11.5. The molecule has 0 bridgehead atoms. The van der Waals surface area contributed by atoms with E-state index in [1.807, 2.05) is 0 Å². The minimum Gasteiger partial charge on any atom is -0.259 e. The second-order valence-electron chi connectivity index (χ2n) is 2.43. The predicted octanol–water partition coefficient (Wildman–Crippen LogP) is 1.86. The number of hydrogen-bond acceptors (Lipinski definition) is 5. The Morgan fingerprint density at radius 3 is 2.40 bits per heavy atom. The summed E-state index contributed by atoms with van der Waals surface area (Å²) in [6.45, 7) is 0. The topological polar surface area (TPSA) is 77.3 Å². The lowest BCUT2D eigenvalue weighted by Gasteiger charge is -1.97. The van der Waals surface area contributed by atoms with Crippen molar-refractivity contribution in [3.63, 3.8) is 0 Å². The van der Waals surface area contributed by atoms with Gasteiger partial charge in [-0.15, -0.1) is 0 Å². The van der Waals surface area contributed by atoms with Crippen molar-refractivity contribution in [1.82, 2.24) is 0 Å². The molecule has 0 heterocycles. The molecule has 0 N–H and O–H groups in total. The normalized spacial score (nSPS) is 11.7. The highest BCUT2D eigenvalue weighted by atomic mass is 33.1. The lowest BCUT2D eigenvalue weighted by Crippen LogP contribution is -1.93. The Morgan fingerprint density at radius 2 is 1.87 bits per heavy atom. The highest BCUT2D eigenvalue weighted by Crippen LogP contribution is 2.23. The van der Waals surface area contributed by atoms with Crippen molar-refractivity contribution in [3.05, 3.63) is 52.1 Å². The molecule has 0 aliphatic heterocycles. The maximum absolute atomic E-state index is 11.5. The number of nitro groups is 1. The Kier molecular flexibility index (Phi) is 3.87. The standard InChI is InChI=1S/C8H7NO4S2/c10-9(11)6-7-14-15(12,13)8-4-2-1-3-5-8/h1-7H/b7-6+. The number of nitrogens with zero attached hydrogens (tertiary/aromatic N) is 1. The van der Waals surface area contributed by atoms with E-state index in [9.17, 15) is 18.5 Å². The molecular weight excluding hydrogens is 238 g/mol. The van der Waals surface area contributed by atoms with Gasteiger partial charge < -0.3 is 0 Å². The summed E-state index contributed by atoms with van der Waals surface area (Å²) >= 11 is 0. The van der Waals surface area contributed by atoms with E-state index in [-0.39, 0.29) is 4.90 Å². The molecule has 5 nitrogen and oxygen atoms in total. The largest absolute Gasteiger partial charge is 0.259 e. The molecule has 0 radical (unpaired) electrons. The molecule has 0 saturated heterocycles. The molecule has 1 aromatic rings. The zero-order valence-electron chi connectivity index (χ0n) is 7.44. The number of benzene rings is 1. The zero-order valence-corrected chi connectivity index (χ0v) is 9.07. The third-order valence-electron chi connectivity index (χ3n) is 1.40. The summed E-state index contributed by atoms with van der Waals surface area (Å²) in [7, 11) is -3.12. The summed E-state index contributed by atoms with van der Waals surface area (Å²) in [5, 5.41) is 10.9. The van der Waals surface area contributed by atoms with Crippen LogP contribution in [0, 0.1) is 10.1 Å². The average Bonchev–Trinajstić information content (AvgIpc) is 2.18. The summed E-state index contributed by atoms with van der Waals surface area (Å²) in [6.07, 6.45) is 0.588. The highest BCUT2D eigenvalue weighted by Gasteiger charge is 2.12. The van der Waals surface area contributed by atoms with Gasteiger partial charge >= 0.3 is 0 Å². The van der Waals surface area contributed by atoms with Gasteiger partial charge in [0.25, 0.3) is 0 Å². The van der Waals surface area contributed by atoms with Crippen LogP contribution in [-0.2, 0) is 8.87 Å². The smallest absolute Gasteiger partial charge is 0.241 e. The van der Waals surface area contributed by atoms with Crippen molar-refractivity contribution < 1.29 is 13.3 Å². The van der Waals surface area contributed by atoms with Crippen molar-refractivity contribution in [2.45, 2.75) is 4.90 Å². The molecule has 1 rings (SSSR count). The van der Waals surface area contributed by atoms with E-state index in [0.717, 1.165) is 5.41 Å². The molecule has 0 atom stereocenters. The first-order valence-electron chi connectivity index (χ1n) is 3.81. The van der Waals surface area contributed by atoms with Gasteiger partial charge in [0.1, 0.15) is 0 Å². The van der Waals surface area contributed by atoms with E-state index in [4.69, 9.17) is 0 Å². The van der Waals surface area contributed by atoms with E-state index < -0.39 is 13.8 Å². The molecule has 0 amide bonds. The van der Waals surface area contributed by atoms with E-state index in [1.165, 1.54) is 12.1 Å². The van der Waals surface area contributed by atoms with Gasteiger partial charge in [0.15, 0.2) is 0 Å². The van der Waals surface area contributed by atoms with E-state index >= 15 is 0 Å². The molecule has 1 aromatic carbocycles. The van der Waals surface area contributed by atoms with Crippen LogP contribution in [0.25, 0.3) is 0 Å². The Labute approximate surface area is 90.3 Å². The van der Waals surface area contributed by atoms with Gasteiger partial charge in [-0.3, -0.25) is 10.1 Å². The van der Waals surface area contributed by atoms with Crippen molar-refractivity contribution >= 4 is 19.7 Å². The molecule has 7 heteroatoms. The first kappa shape index (κ1) is 11.7. The average molecular weight is 245 g/mol. The molecular formula is C8H7NO4S2. The molecule has 0 aliphatic carbocycles. The molecule has 0 fully saturated rings. The molecule has 0 aromatic heterocycles. The van der Waals surface area contributed by atoms with Crippen LogP contribution in [-0.4, -0.2) is 13.3 Å². The van der Waals surface area contributed by atoms with Crippen LogP contribution in [0.4, 0.5) is 0 Å². The third-order valence-corrected chi connectivity index (χ3v) is 4.40. The molecule has 0 saturated carbocycles. The Balaban J connectivity index is 2.82. The van der Waals surface area contributed by atoms with Gasteiger partial charge in [-0.05, 0) is 12.1 Å². The van der Waals surface area contributed by atoms with Crippen LogP contribution < -0.4 is 0 Å². The first-order chi connectivity index (χ1) is 7.02. The van der Waals surface area contributed by atoms with Gasteiger partial charge in [-0.1, -0.05) is 18.2 Å². The summed E-state index contributed by atoms with van der Waals surface area (Å²) in [4.78, 5) is 9.35. The fourth-order valence-corrected chi connectivity index (χ4v) is 2.94. The molecule has 0 aliphatic rings. The van der Waals surface area contributed by atoms with Crippen LogP contribution >= 0.6 is 10.8 Å². The van der Waals surface area contributed by atoms with Crippen LogP contribution in [0.3, 0.4) is 0 Å². The minimum atomic E-state index is -3.53. The SMILES string of the molecule is O=[N+]([O-])/C=C/SS(=O)(=O)c1ccccc1. The second-order valence-corrected chi connectivity index (χ2v) is 6.17. The van der Waals surface area contributed by atoms with Crippen LogP contribution in [0.2, 0.25) is 0 Å². The van der Waals surface area contributed by atoms with E-state index in [1.54, 1.807) is 18.2 Å². The minimum absolute atomic E-state index is 0.128. The van der Waals surface area contributed by atoms with Gasteiger partial charge in [-0.25, -0.2) is 8.42 Å². The van der Waals surface area contributed by atoms with Crippen molar-refractivity contribution in [2.24, 2.45) is 0 Å². The Hall–Kier alpha value is -1.34. The van der Waals surface area contributed by atoms with Gasteiger partial charge in [0.2, 0.25) is 15.1 Å². The molecule has 80 valence electrons.